The minimum atomic E-state index is -0.463. The number of rotatable bonds is 5. The highest BCUT2D eigenvalue weighted by atomic mass is 16.7. The van der Waals surface area contributed by atoms with Gasteiger partial charge in [-0.05, 0) is 41.5 Å². The molecule has 0 aromatic heterocycles. The molecule has 0 saturated heterocycles. The van der Waals surface area contributed by atoms with Crippen LogP contribution in [-0.2, 0) is 20.9 Å². The average Bonchev–Trinajstić information content (AvgIpc) is 3.12. The third-order valence-electron chi connectivity index (χ3n) is 3.56. The summed E-state index contributed by atoms with van der Waals surface area (Å²) in [7, 11) is 1.32. The normalized spacial score (nSPS) is 12.2. The molecule has 0 bridgehead atoms. The molecular weight excluding hydrogens is 324 g/mol. The van der Waals surface area contributed by atoms with Gasteiger partial charge in [-0.3, -0.25) is 0 Å². The predicted octanol–water partition coefficient (Wildman–Crippen LogP) is 2.96. The first-order valence-electron chi connectivity index (χ1n) is 7.57. The Morgan fingerprint density at radius 3 is 2.60 bits per heavy atom. The van der Waals surface area contributed by atoms with E-state index in [4.69, 9.17) is 14.2 Å². The molecule has 1 heterocycles. The number of carbonyl (C=O) groups excluding carboxylic acids is 2. The standard InChI is InChI=1S/C19H16O6/c1-22-19(21)15-6-2-14(3-7-15)11-23-18(20)9-5-13-4-8-16-17(10-13)25-12-24-16/h2-10H,11-12H2,1H3. The molecule has 0 spiro atoms. The summed E-state index contributed by atoms with van der Waals surface area (Å²) < 4.78 is 20.3. The minimum absolute atomic E-state index is 0.117. The number of hydrogen-bond donors (Lipinski definition) is 0. The zero-order valence-electron chi connectivity index (χ0n) is 13.6. The van der Waals surface area contributed by atoms with E-state index in [1.54, 1.807) is 42.5 Å². The molecule has 0 atom stereocenters. The molecule has 0 unspecified atom stereocenters. The summed E-state index contributed by atoms with van der Waals surface area (Å²) in [5.41, 5.74) is 2.03. The van der Waals surface area contributed by atoms with Crippen molar-refractivity contribution in [3.63, 3.8) is 0 Å². The Hall–Kier alpha value is -3.28. The highest BCUT2D eigenvalue weighted by Gasteiger charge is 2.12. The van der Waals surface area contributed by atoms with Gasteiger partial charge in [-0.2, -0.15) is 0 Å². The van der Waals surface area contributed by atoms with Crippen molar-refractivity contribution in [2.45, 2.75) is 6.61 Å². The molecule has 0 aliphatic carbocycles. The van der Waals surface area contributed by atoms with Crippen molar-refractivity contribution in [1.29, 1.82) is 0 Å². The number of carbonyl (C=O) groups is 2. The second-order valence-electron chi connectivity index (χ2n) is 5.24. The Morgan fingerprint density at radius 1 is 1.08 bits per heavy atom. The fraction of sp³-hybridized carbons (Fsp3) is 0.158. The van der Waals surface area contributed by atoms with Gasteiger partial charge < -0.3 is 18.9 Å². The molecule has 0 radical (unpaired) electrons. The number of esters is 2. The van der Waals surface area contributed by atoms with E-state index in [0.29, 0.717) is 17.1 Å². The molecule has 25 heavy (non-hydrogen) atoms. The highest BCUT2D eigenvalue weighted by molar-refractivity contribution is 5.89. The van der Waals surface area contributed by atoms with Crippen LogP contribution in [0.1, 0.15) is 21.5 Å². The monoisotopic (exact) mass is 340 g/mol. The molecule has 0 fully saturated rings. The quantitative estimate of drug-likeness (QED) is 0.616. The van der Waals surface area contributed by atoms with Crippen LogP contribution in [0.4, 0.5) is 0 Å². The smallest absolute Gasteiger partial charge is 0.337 e. The maximum absolute atomic E-state index is 11.8. The molecule has 128 valence electrons. The van der Waals surface area contributed by atoms with E-state index < -0.39 is 11.9 Å². The lowest BCUT2D eigenvalue weighted by Crippen LogP contribution is -2.03. The lowest BCUT2D eigenvalue weighted by molar-refractivity contribution is -0.138. The van der Waals surface area contributed by atoms with Crippen LogP contribution in [-0.4, -0.2) is 25.8 Å². The minimum Gasteiger partial charge on any atom is -0.465 e. The van der Waals surface area contributed by atoms with E-state index in [9.17, 15) is 9.59 Å². The fourth-order valence-electron chi connectivity index (χ4n) is 2.24. The third-order valence-corrected chi connectivity index (χ3v) is 3.56. The molecule has 1 aliphatic heterocycles. The van der Waals surface area contributed by atoms with Crippen molar-refractivity contribution >= 4 is 18.0 Å². The van der Waals surface area contributed by atoms with Gasteiger partial charge in [0, 0.05) is 6.08 Å². The number of ether oxygens (including phenoxy) is 4. The van der Waals surface area contributed by atoms with Crippen LogP contribution in [0.25, 0.3) is 6.08 Å². The van der Waals surface area contributed by atoms with Gasteiger partial charge in [0.25, 0.3) is 0 Å². The average molecular weight is 340 g/mol. The Kier molecular flexibility index (Phi) is 4.99. The van der Waals surface area contributed by atoms with Crippen molar-refractivity contribution in [3.05, 3.63) is 65.2 Å². The molecule has 0 amide bonds. The Morgan fingerprint density at radius 2 is 1.84 bits per heavy atom. The molecule has 2 aromatic rings. The first-order valence-corrected chi connectivity index (χ1v) is 7.57. The van der Waals surface area contributed by atoms with Crippen molar-refractivity contribution in [2.75, 3.05) is 13.9 Å². The molecule has 6 heteroatoms. The number of benzene rings is 2. The maximum Gasteiger partial charge on any atom is 0.337 e. The summed E-state index contributed by atoms with van der Waals surface area (Å²) in [6.45, 7) is 0.324. The van der Waals surface area contributed by atoms with Gasteiger partial charge in [0.1, 0.15) is 6.61 Å². The summed E-state index contributed by atoms with van der Waals surface area (Å²) >= 11 is 0. The lowest BCUT2D eigenvalue weighted by Gasteiger charge is -2.04. The highest BCUT2D eigenvalue weighted by Crippen LogP contribution is 2.32. The van der Waals surface area contributed by atoms with Crippen molar-refractivity contribution in [1.82, 2.24) is 0 Å². The van der Waals surface area contributed by atoms with Crippen LogP contribution in [0.2, 0.25) is 0 Å². The van der Waals surface area contributed by atoms with Crippen LogP contribution in [0.3, 0.4) is 0 Å². The predicted molar refractivity (Wildman–Crippen MR) is 89.2 cm³/mol. The Labute approximate surface area is 144 Å². The molecule has 1 aliphatic rings. The summed E-state index contributed by atoms with van der Waals surface area (Å²) in [6, 6.07) is 12.1. The van der Waals surface area contributed by atoms with E-state index in [1.807, 2.05) is 6.07 Å². The number of methoxy groups -OCH3 is 1. The first kappa shape index (κ1) is 16.6. The summed E-state index contributed by atoms with van der Waals surface area (Å²) in [5.74, 6) is 0.473. The molecular formula is C19H16O6. The second-order valence-corrected chi connectivity index (χ2v) is 5.24. The van der Waals surface area contributed by atoms with E-state index in [1.165, 1.54) is 13.2 Å². The molecule has 3 rings (SSSR count). The molecule has 2 aromatic carbocycles. The third kappa shape index (κ3) is 4.17. The molecule has 0 N–H and O–H groups in total. The van der Waals surface area contributed by atoms with E-state index in [0.717, 1.165) is 11.1 Å². The SMILES string of the molecule is COC(=O)c1ccc(COC(=O)C=Cc2ccc3c(c2)OCO3)cc1. The summed E-state index contributed by atoms with van der Waals surface area (Å²) in [6.07, 6.45) is 2.99. The summed E-state index contributed by atoms with van der Waals surface area (Å²) in [4.78, 5) is 23.2. The van der Waals surface area contributed by atoms with Gasteiger partial charge in [0.05, 0.1) is 12.7 Å². The van der Waals surface area contributed by atoms with E-state index >= 15 is 0 Å². The van der Waals surface area contributed by atoms with Crippen LogP contribution < -0.4 is 9.47 Å². The van der Waals surface area contributed by atoms with E-state index in [-0.39, 0.29) is 13.4 Å². The molecule has 0 saturated carbocycles. The van der Waals surface area contributed by atoms with Crippen molar-refractivity contribution in [2.24, 2.45) is 0 Å². The zero-order valence-corrected chi connectivity index (χ0v) is 13.6. The Balaban J connectivity index is 1.53. The van der Waals surface area contributed by atoms with Gasteiger partial charge in [-0.15, -0.1) is 0 Å². The molecule has 6 nitrogen and oxygen atoms in total. The number of fused-ring (bicyclic) bond motifs is 1. The zero-order chi connectivity index (χ0) is 17.6. The topological polar surface area (TPSA) is 71.1 Å². The van der Waals surface area contributed by atoms with Crippen molar-refractivity contribution in [3.8, 4) is 11.5 Å². The van der Waals surface area contributed by atoms with Crippen molar-refractivity contribution < 1.29 is 28.5 Å². The van der Waals surface area contributed by atoms with Gasteiger partial charge in [0.2, 0.25) is 6.79 Å². The van der Waals surface area contributed by atoms with Crippen LogP contribution >= 0.6 is 0 Å². The number of hydrogen-bond acceptors (Lipinski definition) is 6. The largest absolute Gasteiger partial charge is 0.465 e. The first-order chi connectivity index (χ1) is 12.2. The van der Waals surface area contributed by atoms with Gasteiger partial charge in [-0.25, -0.2) is 9.59 Å². The van der Waals surface area contributed by atoms with Crippen LogP contribution in [0, 0.1) is 0 Å². The fourth-order valence-corrected chi connectivity index (χ4v) is 2.24. The maximum atomic E-state index is 11.8. The van der Waals surface area contributed by atoms with Gasteiger partial charge in [-0.1, -0.05) is 18.2 Å². The van der Waals surface area contributed by atoms with Gasteiger partial charge >= 0.3 is 11.9 Å². The second kappa shape index (κ2) is 7.53. The van der Waals surface area contributed by atoms with E-state index in [2.05, 4.69) is 4.74 Å². The van der Waals surface area contributed by atoms with Gasteiger partial charge in [0.15, 0.2) is 11.5 Å². The lowest BCUT2D eigenvalue weighted by atomic mass is 10.1. The summed E-state index contributed by atoms with van der Waals surface area (Å²) in [5, 5.41) is 0. The Bertz CT molecular complexity index is 807. The van der Waals surface area contributed by atoms with Crippen LogP contribution in [0.5, 0.6) is 11.5 Å². The van der Waals surface area contributed by atoms with Crippen LogP contribution in [0.15, 0.2) is 48.5 Å².